The van der Waals surface area contributed by atoms with Crippen molar-refractivity contribution >= 4 is 22.2 Å². The molecule has 0 atom stereocenters. The zero-order chi connectivity index (χ0) is 17.1. The second-order valence-electron chi connectivity index (χ2n) is 5.45. The highest BCUT2D eigenvalue weighted by atomic mass is 32.1. The van der Waals surface area contributed by atoms with Gasteiger partial charge in [-0.1, -0.05) is 18.2 Å². The van der Waals surface area contributed by atoms with Gasteiger partial charge in [0.05, 0.1) is 12.2 Å². The fourth-order valence-corrected chi connectivity index (χ4v) is 3.15. The lowest BCUT2D eigenvalue weighted by Crippen LogP contribution is -2.22. The van der Waals surface area contributed by atoms with Crippen LogP contribution in [0.3, 0.4) is 0 Å². The molecule has 0 spiro atoms. The highest BCUT2D eigenvalue weighted by Gasteiger charge is 2.08. The first kappa shape index (κ1) is 15.4. The SMILES string of the molecule is O=C(NCc1cn2ccsc2n1)c1ccc(Oc2ccccc2)cc1. The van der Waals surface area contributed by atoms with Gasteiger partial charge in [-0.05, 0) is 36.4 Å². The van der Waals surface area contributed by atoms with Crippen LogP contribution in [0.15, 0.2) is 72.4 Å². The molecule has 0 aliphatic carbocycles. The highest BCUT2D eigenvalue weighted by Crippen LogP contribution is 2.21. The number of hydrogen-bond acceptors (Lipinski definition) is 4. The number of para-hydroxylation sites is 1. The van der Waals surface area contributed by atoms with E-state index in [1.165, 1.54) is 0 Å². The monoisotopic (exact) mass is 349 g/mol. The molecule has 0 aliphatic heterocycles. The van der Waals surface area contributed by atoms with Gasteiger partial charge < -0.3 is 10.1 Å². The van der Waals surface area contributed by atoms with Gasteiger partial charge in [0.1, 0.15) is 11.5 Å². The number of imidazole rings is 1. The average molecular weight is 349 g/mol. The van der Waals surface area contributed by atoms with Gasteiger partial charge >= 0.3 is 0 Å². The maximum Gasteiger partial charge on any atom is 0.251 e. The molecular formula is C19H15N3O2S. The number of nitrogens with one attached hydrogen (secondary N) is 1. The summed E-state index contributed by atoms with van der Waals surface area (Å²) in [6.45, 7) is 0.398. The zero-order valence-corrected chi connectivity index (χ0v) is 14.1. The molecule has 0 saturated carbocycles. The molecule has 4 rings (SSSR count). The van der Waals surface area contributed by atoms with Crippen molar-refractivity contribution < 1.29 is 9.53 Å². The Labute approximate surface area is 148 Å². The molecule has 5 nitrogen and oxygen atoms in total. The van der Waals surface area contributed by atoms with Gasteiger partial charge in [0, 0.05) is 23.3 Å². The minimum absolute atomic E-state index is 0.136. The number of carbonyl (C=O) groups is 1. The van der Waals surface area contributed by atoms with E-state index in [1.807, 2.05) is 52.5 Å². The third kappa shape index (κ3) is 3.54. The molecule has 0 saturated heterocycles. The van der Waals surface area contributed by atoms with Gasteiger partial charge in [0.15, 0.2) is 4.96 Å². The van der Waals surface area contributed by atoms with Crippen LogP contribution in [0.2, 0.25) is 0 Å². The van der Waals surface area contributed by atoms with E-state index in [2.05, 4.69) is 10.3 Å². The van der Waals surface area contributed by atoms with Crippen LogP contribution >= 0.6 is 11.3 Å². The van der Waals surface area contributed by atoms with E-state index >= 15 is 0 Å². The minimum Gasteiger partial charge on any atom is -0.457 e. The summed E-state index contributed by atoms with van der Waals surface area (Å²) in [5, 5.41) is 4.86. The summed E-state index contributed by atoms with van der Waals surface area (Å²) in [6, 6.07) is 16.6. The largest absolute Gasteiger partial charge is 0.457 e. The summed E-state index contributed by atoms with van der Waals surface area (Å²) < 4.78 is 7.67. The number of carbonyl (C=O) groups excluding carboxylic acids is 1. The fraction of sp³-hybridized carbons (Fsp3) is 0.0526. The molecule has 0 fully saturated rings. The van der Waals surface area contributed by atoms with Crippen molar-refractivity contribution in [2.75, 3.05) is 0 Å². The van der Waals surface area contributed by atoms with Gasteiger partial charge in [0.2, 0.25) is 0 Å². The van der Waals surface area contributed by atoms with Crippen molar-refractivity contribution in [3.8, 4) is 11.5 Å². The first-order chi connectivity index (χ1) is 12.3. The van der Waals surface area contributed by atoms with E-state index in [4.69, 9.17) is 4.74 Å². The number of nitrogens with zero attached hydrogens (tertiary/aromatic N) is 2. The van der Waals surface area contributed by atoms with Crippen LogP contribution in [-0.2, 0) is 6.54 Å². The Morgan fingerprint density at radius 2 is 1.84 bits per heavy atom. The van der Waals surface area contributed by atoms with Gasteiger partial charge in [-0.2, -0.15) is 0 Å². The van der Waals surface area contributed by atoms with Crippen LogP contribution in [0, 0.1) is 0 Å². The molecule has 0 aliphatic rings. The highest BCUT2D eigenvalue weighted by molar-refractivity contribution is 7.15. The number of rotatable bonds is 5. The number of amides is 1. The van der Waals surface area contributed by atoms with Crippen LogP contribution < -0.4 is 10.1 Å². The van der Waals surface area contributed by atoms with E-state index in [-0.39, 0.29) is 5.91 Å². The number of hydrogen-bond donors (Lipinski definition) is 1. The van der Waals surface area contributed by atoms with Crippen molar-refractivity contribution in [1.82, 2.24) is 14.7 Å². The molecule has 0 unspecified atom stereocenters. The summed E-state index contributed by atoms with van der Waals surface area (Å²) in [5.41, 5.74) is 1.42. The number of ether oxygens (including phenoxy) is 1. The Hall–Kier alpha value is -3.12. The Balaban J connectivity index is 1.37. The van der Waals surface area contributed by atoms with Crippen LogP contribution in [0.5, 0.6) is 11.5 Å². The predicted molar refractivity (Wildman–Crippen MR) is 97.2 cm³/mol. The normalized spacial score (nSPS) is 10.7. The van der Waals surface area contributed by atoms with Crippen LogP contribution in [0.1, 0.15) is 16.1 Å². The number of aromatic nitrogens is 2. The van der Waals surface area contributed by atoms with E-state index < -0.39 is 0 Å². The molecule has 2 heterocycles. The van der Waals surface area contributed by atoms with E-state index in [0.29, 0.717) is 17.9 Å². The smallest absolute Gasteiger partial charge is 0.251 e. The van der Waals surface area contributed by atoms with Crippen LogP contribution in [-0.4, -0.2) is 15.3 Å². The third-order valence-electron chi connectivity index (χ3n) is 3.67. The topological polar surface area (TPSA) is 55.6 Å². The number of thiazole rings is 1. The Bertz CT molecular complexity index is 962. The molecular weight excluding hydrogens is 334 g/mol. The van der Waals surface area contributed by atoms with Gasteiger partial charge in [-0.3, -0.25) is 9.20 Å². The Morgan fingerprint density at radius 3 is 2.60 bits per heavy atom. The van der Waals surface area contributed by atoms with Crippen molar-refractivity contribution in [3.05, 3.63) is 83.6 Å². The molecule has 124 valence electrons. The molecule has 2 aromatic heterocycles. The molecule has 1 N–H and O–H groups in total. The van der Waals surface area contributed by atoms with Crippen molar-refractivity contribution in [1.29, 1.82) is 0 Å². The molecule has 2 aromatic carbocycles. The van der Waals surface area contributed by atoms with E-state index in [9.17, 15) is 4.79 Å². The second-order valence-corrected chi connectivity index (χ2v) is 6.32. The predicted octanol–water partition coefficient (Wildman–Crippen LogP) is 4.12. The maximum absolute atomic E-state index is 12.3. The van der Waals surface area contributed by atoms with E-state index in [0.717, 1.165) is 16.4 Å². The first-order valence-electron chi connectivity index (χ1n) is 7.80. The zero-order valence-electron chi connectivity index (χ0n) is 13.3. The Morgan fingerprint density at radius 1 is 1.08 bits per heavy atom. The summed E-state index contributed by atoms with van der Waals surface area (Å²) >= 11 is 1.57. The van der Waals surface area contributed by atoms with Gasteiger partial charge in [-0.25, -0.2) is 4.98 Å². The quantitative estimate of drug-likeness (QED) is 0.590. The van der Waals surface area contributed by atoms with Gasteiger partial charge in [0.25, 0.3) is 5.91 Å². The molecule has 0 bridgehead atoms. The molecule has 0 radical (unpaired) electrons. The first-order valence-corrected chi connectivity index (χ1v) is 8.68. The fourth-order valence-electron chi connectivity index (χ4n) is 2.43. The maximum atomic E-state index is 12.3. The average Bonchev–Trinajstić information content (AvgIpc) is 3.23. The van der Waals surface area contributed by atoms with Crippen molar-refractivity contribution in [2.24, 2.45) is 0 Å². The van der Waals surface area contributed by atoms with Crippen molar-refractivity contribution in [2.45, 2.75) is 6.54 Å². The minimum atomic E-state index is -0.136. The number of benzene rings is 2. The summed E-state index contributed by atoms with van der Waals surface area (Å²) in [7, 11) is 0. The molecule has 4 aromatic rings. The third-order valence-corrected chi connectivity index (χ3v) is 4.44. The van der Waals surface area contributed by atoms with Crippen molar-refractivity contribution in [3.63, 3.8) is 0 Å². The van der Waals surface area contributed by atoms with E-state index in [1.54, 1.807) is 35.6 Å². The summed E-state index contributed by atoms with van der Waals surface area (Å²) in [4.78, 5) is 17.6. The second kappa shape index (κ2) is 6.78. The molecule has 25 heavy (non-hydrogen) atoms. The Kier molecular flexibility index (Phi) is 4.18. The summed E-state index contributed by atoms with van der Waals surface area (Å²) in [5.74, 6) is 1.32. The molecule has 1 amide bonds. The number of fused-ring (bicyclic) bond motifs is 1. The van der Waals surface area contributed by atoms with Crippen LogP contribution in [0.4, 0.5) is 0 Å². The summed E-state index contributed by atoms with van der Waals surface area (Å²) in [6.07, 6.45) is 3.87. The standard InChI is InChI=1S/C19H15N3O2S/c23-18(20-12-15-13-22-10-11-25-19(22)21-15)14-6-8-17(9-7-14)24-16-4-2-1-3-5-16/h1-11,13H,12H2,(H,20,23). The van der Waals surface area contributed by atoms with Crippen LogP contribution in [0.25, 0.3) is 4.96 Å². The lowest BCUT2D eigenvalue weighted by Gasteiger charge is -2.07. The van der Waals surface area contributed by atoms with Gasteiger partial charge in [-0.15, -0.1) is 11.3 Å². The lowest BCUT2D eigenvalue weighted by molar-refractivity contribution is 0.0950. The lowest BCUT2D eigenvalue weighted by atomic mass is 10.2. The molecule has 6 heteroatoms.